The standard InChI is InChI=1S/C18H25N5O2/c1-12(23-10-6-9-20-23)16(24)21-13-7-5-8-14(11-13)22-17(25)15(19)18(2,3)4/h5-12,15H,19H2,1-4H3,(H,21,24)(H,22,25)/t12?,15-/m1/s1. The number of benzene rings is 1. The van der Waals surface area contributed by atoms with E-state index in [-0.39, 0.29) is 17.2 Å². The zero-order valence-electron chi connectivity index (χ0n) is 15.0. The van der Waals surface area contributed by atoms with Gasteiger partial charge in [0.2, 0.25) is 11.8 Å². The van der Waals surface area contributed by atoms with Gasteiger partial charge < -0.3 is 16.4 Å². The molecule has 0 spiro atoms. The molecule has 0 fully saturated rings. The minimum Gasteiger partial charge on any atom is -0.325 e. The van der Waals surface area contributed by atoms with Crippen molar-refractivity contribution in [1.29, 1.82) is 0 Å². The molecule has 134 valence electrons. The van der Waals surface area contributed by atoms with Gasteiger partial charge in [-0.3, -0.25) is 14.3 Å². The summed E-state index contributed by atoms with van der Waals surface area (Å²) >= 11 is 0. The van der Waals surface area contributed by atoms with Gasteiger partial charge in [0, 0.05) is 23.8 Å². The van der Waals surface area contributed by atoms with Gasteiger partial charge in [0.25, 0.3) is 0 Å². The Kier molecular flexibility index (Phi) is 5.58. The second-order valence-corrected chi connectivity index (χ2v) is 7.07. The molecule has 2 aromatic rings. The molecular formula is C18H25N5O2. The van der Waals surface area contributed by atoms with E-state index < -0.39 is 12.1 Å². The van der Waals surface area contributed by atoms with Gasteiger partial charge in [-0.05, 0) is 36.6 Å². The van der Waals surface area contributed by atoms with Crippen molar-refractivity contribution in [1.82, 2.24) is 9.78 Å². The minimum atomic E-state index is -0.634. The molecule has 7 nitrogen and oxygen atoms in total. The molecular weight excluding hydrogens is 318 g/mol. The number of aromatic nitrogens is 2. The van der Waals surface area contributed by atoms with Crippen LogP contribution in [0.1, 0.15) is 33.7 Å². The molecule has 0 bridgehead atoms. The van der Waals surface area contributed by atoms with Crippen molar-refractivity contribution in [2.24, 2.45) is 11.1 Å². The second-order valence-electron chi connectivity index (χ2n) is 7.07. The van der Waals surface area contributed by atoms with Crippen LogP contribution in [0.5, 0.6) is 0 Å². The van der Waals surface area contributed by atoms with E-state index in [9.17, 15) is 9.59 Å². The molecule has 1 heterocycles. The van der Waals surface area contributed by atoms with E-state index in [1.54, 1.807) is 54.3 Å². The van der Waals surface area contributed by atoms with Crippen LogP contribution in [0.15, 0.2) is 42.7 Å². The first-order chi connectivity index (χ1) is 11.7. The Balaban J connectivity index is 2.04. The number of anilines is 2. The van der Waals surface area contributed by atoms with Crippen molar-refractivity contribution in [3.05, 3.63) is 42.7 Å². The lowest BCUT2D eigenvalue weighted by Crippen LogP contribution is -2.45. The third-order valence-corrected chi connectivity index (χ3v) is 3.91. The molecule has 0 aliphatic heterocycles. The van der Waals surface area contributed by atoms with Crippen molar-refractivity contribution in [2.45, 2.75) is 39.8 Å². The summed E-state index contributed by atoms with van der Waals surface area (Å²) in [5.74, 6) is -0.459. The van der Waals surface area contributed by atoms with Crippen molar-refractivity contribution in [3.8, 4) is 0 Å². The highest BCUT2D eigenvalue weighted by atomic mass is 16.2. The van der Waals surface area contributed by atoms with Crippen LogP contribution >= 0.6 is 0 Å². The van der Waals surface area contributed by atoms with E-state index in [0.29, 0.717) is 11.4 Å². The fourth-order valence-electron chi connectivity index (χ4n) is 2.16. The Morgan fingerprint density at radius 1 is 1.12 bits per heavy atom. The van der Waals surface area contributed by atoms with E-state index in [2.05, 4.69) is 15.7 Å². The maximum absolute atomic E-state index is 12.3. The van der Waals surface area contributed by atoms with E-state index in [0.717, 1.165) is 0 Å². The Morgan fingerprint density at radius 2 is 1.72 bits per heavy atom. The second kappa shape index (κ2) is 7.48. The molecule has 0 radical (unpaired) electrons. The molecule has 1 aromatic carbocycles. The summed E-state index contributed by atoms with van der Waals surface area (Å²) in [7, 11) is 0. The SMILES string of the molecule is CC(C(=O)Nc1cccc(NC(=O)[C@@H](N)C(C)(C)C)c1)n1cccn1. The Bertz CT molecular complexity index is 734. The summed E-state index contributed by atoms with van der Waals surface area (Å²) in [4.78, 5) is 24.5. The molecule has 4 N–H and O–H groups in total. The zero-order valence-corrected chi connectivity index (χ0v) is 15.0. The van der Waals surface area contributed by atoms with Crippen LogP contribution in [0.4, 0.5) is 11.4 Å². The molecule has 0 aliphatic carbocycles. The van der Waals surface area contributed by atoms with Crippen molar-refractivity contribution < 1.29 is 9.59 Å². The van der Waals surface area contributed by atoms with Gasteiger partial charge >= 0.3 is 0 Å². The minimum absolute atomic E-state index is 0.196. The number of amides is 2. The third-order valence-electron chi connectivity index (χ3n) is 3.91. The fraction of sp³-hybridized carbons (Fsp3) is 0.389. The van der Waals surface area contributed by atoms with Gasteiger partial charge in [-0.1, -0.05) is 26.8 Å². The highest BCUT2D eigenvalue weighted by molar-refractivity contribution is 5.97. The summed E-state index contributed by atoms with van der Waals surface area (Å²) in [5, 5.41) is 9.67. The highest BCUT2D eigenvalue weighted by Gasteiger charge is 2.27. The normalized spacial score (nSPS) is 13.8. The van der Waals surface area contributed by atoms with Crippen LogP contribution in [-0.4, -0.2) is 27.6 Å². The number of nitrogens with two attached hydrogens (primary N) is 1. The number of hydrogen-bond donors (Lipinski definition) is 3. The highest BCUT2D eigenvalue weighted by Crippen LogP contribution is 2.21. The first kappa shape index (κ1) is 18.7. The predicted octanol–water partition coefficient (Wildman–Crippen LogP) is 2.39. The Labute approximate surface area is 147 Å². The lowest BCUT2D eigenvalue weighted by Gasteiger charge is -2.25. The number of rotatable bonds is 5. The number of carbonyl (C=O) groups is 2. The number of nitrogens with one attached hydrogen (secondary N) is 2. The number of carbonyl (C=O) groups excluding carboxylic acids is 2. The van der Waals surface area contributed by atoms with Crippen LogP contribution < -0.4 is 16.4 Å². The van der Waals surface area contributed by atoms with Crippen LogP contribution in [0, 0.1) is 5.41 Å². The first-order valence-electron chi connectivity index (χ1n) is 8.15. The van der Waals surface area contributed by atoms with Gasteiger partial charge in [0.05, 0.1) is 6.04 Å². The average Bonchev–Trinajstić information content (AvgIpc) is 3.07. The summed E-state index contributed by atoms with van der Waals surface area (Å²) in [5.41, 5.74) is 6.79. The van der Waals surface area contributed by atoms with Crippen molar-refractivity contribution in [2.75, 3.05) is 10.6 Å². The molecule has 2 rings (SSSR count). The lowest BCUT2D eigenvalue weighted by molar-refractivity contribution is -0.120. The lowest BCUT2D eigenvalue weighted by atomic mass is 9.87. The maximum Gasteiger partial charge on any atom is 0.248 e. The van der Waals surface area contributed by atoms with E-state index in [1.165, 1.54) is 0 Å². The quantitative estimate of drug-likeness (QED) is 0.775. The molecule has 7 heteroatoms. The summed E-state index contributed by atoms with van der Waals surface area (Å²) in [6.45, 7) is 7.48. The molecule has 0 saturated carbocycles. The van der Waals surface area contributed by atoms with Crippen LogP contribution in [-0.2, 0) is 9.59 Å². The Hall–Kier alpha value is -2.67. The van der Waals surface area contributed by atoms with Crippen LogP contribution in [0.2, 0.25) is 0 Å². The molecule has 25 heavy (non-hydrogen) atoms. The molecule has 2 atom stereocenters. The molecule has 0 saturated heterocycles. The van der Waals surface area contributed by atoms with Crippen molar-refractivity contribution in [3.63, 3.8) is 0 Å². The molecule has 1 unspecified atom stereocenters. The van der Waals surface area contributed by atoms with Gasteiger partial charge in [-0.2, -0.15) is 5.10 Å². The molecule has 1 aromatic heterocycles. The topological polar surface area (TPSA) is 102 Å². The fourth-order valence-corrected chi connectivity index (χ4v) is 2.16. The molecule has 2 amide bonds. The maximum atomic E-state index is 12.3. The van der Waals surface area contributed by atoms with Gasteiger partial charge in [0.1, 0.15) is 6.04 Å². The average molecular weight is 343 g/mol. The van der Waals surface area contributed by atoms with Gasteiger partial charge in [-0.15, -0.1) is 0 Å². The first-order valence-corrected chi connectivity index (χ1v) is 8.15. The number of nitrogens with zero attached hydrogens (tertiary/aromatic N) is 2. The van der Waals surface area contributed by atoms with E-state index >= 15 is 0 Å². The largest absolute Gasteiger partial charge is 0.325 e. The summed E-state index contributed by atoms with van der Waals surface area (Å²) in [6, 6.07) is 7.65. The van der Waals surface area contributed by atoms with Crippen LogP contribution in [0.25, 0.3) is 0 Å². The van der Waals surface area contributed by atoms with Crippen molar-refractivity contribution >= 4 is 23.2 Å². The van der Waals surface area contributed by atoms with Crippen LogP contribution in [0.3, 0.4) is 0 Å². The third kappa shape index (κ3) is 4.90. The zero-order chi connectivity index (χ0) is 18.6. The van der Waals surface area contributed by atoms with E-state index in [1.807, 2.05) is 20.8 Å². The monoisotopic (exact) mass is 343 g/mol. The predicted molar refractivity (Wildman–Crippen MR) is 98.1 cm³/mol. The van der Waals surface area contributed by atoms with Gasteiger partial charge in [0.15, 0.2) is 0 Å². The smallest absolute Gasteiger partial charge is 0.248 e. The summed E-state index contributed by atoms with van der Waals surface area (Å²) in [6.07, 6.45) is 3.35. The van der Waals surface area contributed by atoms with Gasteiger partial charge in [-0.25, -0.2) is 0 Å². The van der Waals surface area contributed by atoms with E-state index in [4.69, 9.17) is 5.73 Å². The molecule has 0 aliphatic rings. The Morgan fingerprint density at radius 3 is 2.24 bits per heavy atom. The number of hydrogen-bond acceptors (Lipinski definition) is 4. The summed E-state index contributed by atoms with van der Waals surface area (Å²) < 4.78 is 1.57.